The minimum absolute atomic E-state index is 0.899. The molecule has 2 N–H and O–H groups in total. The van der Waals surface area contributed by atoms with Crippen molar-refractivity contribution in [3.05, 3.63) is 47.5 Å². The lowest BCUT2D eigenvalue weighted by molar-refractivity contribution is 0.775. The second kappa shape index (κ2) is 8.64. The van der Waals surface area contributed by atoms with Crippen LogP contribution in [0.15, 0.2) is 46.9 Å². The number of hydrazine groups is 1. The lowest BCUT2D eigenvalue weighted by atomic mass is 10.2. The molecule has 1 rings (SSSR count). The first-order chi connectivity index (χ1) is 8.76. The van der Waals surface area contributed by atoms with Crippen molar-refractivity contribution >= 4 is 17.6 Å². The van der Waals surface area contributed by atoms with Crippen LogP contribution in [0.5, 0.6) is 0 Å². The predicted molar refractivity (Wildman–Crippen MR) is 81.4 cm³/mol. The number of nitrogens with one attached hydrogen (secondary N) is 2. The van der Waals surface area contributed by atoms with Gasteiger partial charge < -0.3 is 0 Å². The monoisotopic (exact) mass is 263 g/mol. The van der Waals surface area contributed by atoms with Crippen molar-refractivity contribution in [3.63, 3.8) is 0 Å². The van der Waals surface area contributed by atoms with Gasteiger partial charge in [-0.3, -0.25) is 15.8 Å². The minimum atomic E-state index is 0.899. The SMILES string of the molecule is C=C(NNC(CCC)=NC)SCc1ccccc1. The number of hydrogen-bond acceptors (Lipinski definition) is 3. The molecule has 0 aliphatic rings. The number of amidine groups is 1. The molecular weight excluding hydrogens is 242 g/mol. The molecule has 1 aromatic rings. The van der Waals surface area contributed by atoms with E-state index in [1.807, 2.05) is 18.2 Å². The van der Waals surface area contributed by atoms with Crippen LogP contribution in [0.1, 0.15) is 25.3 Å². The number of aliphatic imine (C=N–C) groups is 1. The van der Waals surface area contributed by atoms with Gasteiger partial charge in [0.15, 0.2) is 0 Å². The Morgan fingerprint density at radius 2 is 2.00 bits per heavy atom. The maximum atomic E-state index is 4.16. The van der Waals surface area contributed by atoms with Crippen LogP contribution in [0, 0.1) is 0 Å². The molecule has 0 spiro atoms. The second-order valence-electron chi connectivity index (χ2n) is 3.87. The zero-order chi connectivity index (χ0) is 13.2. The summed E-state index contributed by atoms with van der Waals surface area (Å²) in [6, 6.07) is 10.4. The van der Waals surface area contributed by atoms with Gasteiger partial charge in [0.1, 0.15) is 5.84 Å². The summed E-state index contributed by atoms with van der Waals surface area (Å²) in [6.07, 6.45) is 2.02. The molecule has 0 saturated heterocycles. The number of benzene rings is 1. The average molecular weight is 263 g/mol. The Morgan fingerprint density at radius 3 is 2.61 bits per heavy atom. The molecule has 0 aliphatic heterocycles. The summed E-state index contributed by atoms with van der Waals surface area (Å²) in [6.45, 7) is 6.10. The van der Waals surface area contributed by atoms with Crippen molar-refractivity contribution in [2.24, 2.45) is 4.99 Å². The summed E-state index contributed by atoms with van der Waals surface area (Å²) in [4.78, 5) is 4.16. The zero-order valence-electron chi connectivity index (χ0n) is 11.1. The van der Waals surface area contributed by atoms with Gasteiger partial charge in [0.05, 0.1) is 5.03 Å². The van der Waals surface area contributed by atoms with Crippen molar-refractivity contribution in [1.82, 2.24) is 10.9 Å². The molecule has 0 saturated carbocycles. The van der Waals surface area contributed by atoms with E-state index in [2.05, 4.69) is 41.5 Å². The van der Waals surface area contributed by atoms with E-state index >= 15 is 0 Å². The molecular formula is C14H21N3S. The summed E-state index contributed by atoms with van der Waals surface area (Å²) >= 11 is 1.68. The molecule has 0 radical (unpaired) electrons. The van der Waals surface area contributed by atoms with Crippen molar-refractivity contribution in [2.45, 2.75) is 25.5 Å². The van der Waals surface area contributed by atoms with Gasteiger partial charge in [0.25, 0.3) is 0 Å². The minimum Gasteiger partial charge on any atom is -0.294 e. The second-order valence-corrected chi connectivity index (χ2v) is 4.94. The van der Waals surface area contributed by atoms with E-state index in [1.54, 1.807) is 18.8 Å². The molecule has 0 atom stereocenters. The van der Waals surface area contributed by atoms with E-state index in [9.17, 15) is 0 Å². The first-order valence-corrected chi connectivity index (χ1v) is 7.08. The van der Waals surface area contributed by atoms with Gasteiger partial charge in [-0.2, -0.15) is 0 Å². The Bertz CT molecular complexity index is 387. The highest BCUT2D eigenvalue weighted by Gasteiger charge is 1.98. The maximum absolute atomic E-state index is 4.16. The number of hydrogen-bond donors (Lipinski definition) is 2. The maximum Gasteiger partial charge on any atom is 0.114 e. The topological polar surface area (TPSA) is 36.4 Å². The first kappa shape index (κ1) is 14.6. The van der Waals surface area contributed by atoms with Gasteiger partial charge in [-0.05, 0) is 12.0 Å². The summed E-state index contributed by atoms with van der Waals surface area (Å²) < 4.78 is 0. The summed E-state index contributed by atoms with van der Waals surface area (Å²) in [5.41, 5.74) is 7.46. The normalized spacial score (nSPS) is 11.1. The van der Waals surface area contributed by atoms with E-state index < -0.39 is 0 Å². The smallest absolute Gasteiger partial charge is 0.114 e. The Labute approximate surface area is 114 Å². The van der Waals surface area contributed by atoms with E-state index in [0.717, 1.165) is 29.5 Å². The molecule has 0 bridgehead atoms. The Morgan fingerprint density at radius 1 is 1.28 bits per heavy atom. The van der Waals surface area contributed by atoms with Crippen molar-refractivity contribution in [1.29, 1.82) is 0 Å². The third-order valence-corrected chi connectivity index (χ3v) is 3.29. The van der Waals surface area contributed by atoms with Crippen LogP contribution in [0.4, 0.5) is 0 Å². The Balaban J connectivity index is 2.26. The molecule has 1 aromatic carbocycles. The van der Waals surface area contributed by atoms with Gasteiger partial charge in [0, 0.05) is 19.2 Å². The fraction of sp³-hybridized carbons (Fsp3) is 0.357. The Hall–Kier alpha value is -1.42. The largest absolute Gasteiger partial charge is 0.294 e. The van der Waals surface area contributed by atoms with Gasteiger partial charge in [-0.15, -0.1) is 11.8 Å². The van der Waals surface area contributed by atoms with Crippen LogP contribution in [0.2, 0.25) is 0 Å². The standard InChI is InChI=1S/C14H21N3S/c1-4-8-14(15-3)17-16-12(2)18-11-13-9-6-5-7-10-13/h5-7,9-10,16H,2,4,8,11H2,1,3H3,(H,15,17). The molecule has 0 aromatic heterocycles. The van der Waals surface area contributed by atoms with Crippen LogP contribution >= 0.6 is 11.8 Å². The van der Waals surface area contributed by atoms with Gasteiger partial charge in [-0.1, -0.05) is 43.8 Å². The third-order valence-electron chi connectivity index (χ3n) is 2.36. The number of rotatable bonds is 7. The summed E-state index contributed by atoms with van der Waals surface area (Å²) in [5.74, 6) is 1.87. The van der Waals surface area contributed by atoms with Gasteiger partial charge >= 0.3 is 0 Å². The molecule has 3 nitrogen and oxygen atoms in total. The van der Waals surface area contributed by atoms with Crippen LogP contribution in [0.25, 0.3) is 0 Å². The van der Waals surface area contributed by atoms with Gasteiger partial charge in [-0.25, -0.2) is 0 Å². The zero-order valence-corrected chi connectivity index (χ0v) is 11.9. The molecule has 4 heteroatoms. The number of nitrogens with zero attached hydrogens (tertiary/aromatic N) is 1. The van der Waals surface area contributed by atoms with Gasteiger partial charge in [0.2, 0.25) is 0 Å². The number of thioether (sulfide) groups is 1. The summed E-state index contributed by atoms with van der Waals surface area (Å²) in [7, 11) is 1.79. The van der Waals surface area contributed by atoms with Crippen LogP contribution in [-0.4, -0.2) is 12.9 Å². The molecule has 18 heavy (non-hydrogen) atoms. The van der Waals surface area contributed by atoms with E-state index in [4.69, 9.17) is 0 Å². The fourth-order valence-corrected chi connectivity index (χ4v) is 2.05. The molecule has 0 aliphatic carbocycles. The lowest BCUT2D eigenvalue weighted by Gasteiger charge is -2.12. The Kier molecular flexibility index (Phi) is 7.03. The van der Waals surface area contributed by atoms with Crippen molar-refractivity contribution < 1.29 is 0 Å². The average Bonchev–Trinajstić information content (AvgIpc) is 2.42. The fourth-order valence-electron chi connectivity index (χ4n) is 1.39. The predicted octanol–water partition coefficient (Wildman–Crippen LogP) is 3.31. The molecule has 0 amide bonds. The van der Waals surface area contributed by atoms with Crippen LogP contribution < -0.4 is 10.9 Å². The van der Waals surface area contributed by atoms with Crippen molar-refractivity contribution in [2.75, 3.05) is 7.05 Å². The van der Waals surface area contributed by atoms with Crippen LogP contribution in [-0.2, 0) is 5.75 Å². The van der Waals surface area contributed by atoms with Crippen LogP contribution in [0.3, 0.4) is 0 Å². The summed E-state index contributed by atoms with van der Waals surface area (Å²) in [5, 5.41) is 0.899. The quantitative estimate of drug-likeness (QED) is 0.450. The highest BCUT2D eigenvalue weighted by Crippen LogP contribution is 2.16. The highest BCUT2D eigenvalue weighted by atomic mass is 32.2. The molecule has 98 valence electrons. The first-order valence-electron chi connectivity index (χ1n) is 6.09. The van der Waals surface area contributed by atoms with Crippen molar-refractivity contribution in [3.8, 4) is 0 Å². The molecule has 0 unspecified atom stereocenters. The molecule has 0 fully saturated rings. The van der Waals surface area contributed by atoms with E-state index in [0.29, 0.717) is 0 Å². The highest BCUT2D eigenvalue weighted by molar-refractivity contribution is 8.02. The third kappa shape index (κ3) is 5.77. The molecule has 0 heterocycles. The lowest BCUT2D eigenvalue weighted by Crippen LogP contribution is -2.35. The van der Waals surface area contributed by atoms with E-state index in [-0.39, 0.29) is 0 Å². The van der Waals surface area contributed by atoms with E-state index in [1.165, 1.54) is 5.56 Å².